The molecule has 0 saturated carbocycles. The zero-order chi connectivity index (χ0) is 15.4. The van der Waals surface area contributed by atoms with Crippen LogP contribution in [-0.4, -0.2) is 29.9 Å². The first-order valence-corrected chi connectivity index (χ1v) is 7.95. The highest BCUT2D eigenvalue weighted by molar-refractivity contribution is 5.98. The summed E-state index contributed by atoms with van der Waals surface area (Å²) < 4.78 is 0. The van der Waals surface area contributed by atoms with Gasteiger partial charge < -0.3 is 5.32 Å². The number of nitrogens with one attached hydrogen (secondary N) is 1. The second-order valence-corrected chi connectivity index (χ2v) is 5.82. The van der Waals surface area contributed by atoms with Crippen molar-refractivity contribution in [3.05, 3.63) is 54.6 Å². The monoisotopic (exact) mass is 294 g/mol. The Hall–Kier alpha value is -2.13. The summed E-state index contributed by atoms with van der Waals surface area (Å²) in [6.45, 7) is 4.04. The molecule has 1 saturated heterocycles. The number of amides is 1. The molecule has 0 aromatic heterocycles. The largest absolute Gasteiger partial charge is 0.324 e. The second-order valence-electron chi connectivity index (χ2n) is 5.82. The molecule has 1 aliphatic rings. The molecule has 114 valence electrons. The maximum absolute atomic E-state index is 12.5. The first-order valence-electron chi connectivity index (χ1n) is 7.95. The smallest absolute Gasteiger partial charge is 0.241 e. The van der Waals surface area contributed by atoms with Gasteiger partial charge in [0.2, 0.25) is 5.91 Å². The highest BCUT2D eigenvalue weighted by atomic mass is 16.2. The molecule has 1 atom stereocenters. The Morgan fingerprint density at radius 3 is 2.36 bits per heavy atom. The molecule has 1 heterocycles. The highest BCUT2D eigenvalue weighted by Crippen LogP contribution is 2.27. The lowest BCUT2D eigenvalue weighted by Gasteiger charge is -2.23. The molecule has 0 radical (unpaired) electrons. The number of rotatable bonds is 4. The molecule has 0 aliphatic carbocycles. The van der Waals surface area contributed by atoms with Gasteiger partial charge in [0.15, 0.2) is 0 Å². The van der Waals surface area contributed by atoms with Gasteiger partial charge in [-0.2, -0.15) is 0 Å². The molecule has 0 unspecified atom stereocenters. The fourth-order valence-electron chi connectivity index (χ4n) is 2.99. The number of nitrogens with zero attached hydrogens (tertiary/aromatic N) is 1. The predicted octanol–water partition coefficient (Wildman–Crippen LogP) is 3.78. The molecular weight excluding hydrogens is 272 g/mol. The maximum atomic E-state index is 12.5. The Kier molecular flexibility index (Phi) is 4.54. The third kappa shape index (κ3) is 3.20. The van der Waals surface area contributed by atoms with Crippen LogP contribution in [0.15, 0.2) is 54.6 Å². The summed E-state index contributed by atoms with van der Waals surface area (Å²) in [7, 11) is 0. The first-order chi connectivity index (χ1) is 10.8. The molecule has 3 rings (SSSR count). The van der Waals surface area contributed by atoms with Gasteiger partial charge in [0.25, 0.3) is 0 Å². The topological polar surface area (TPSA) is 32.3 Å². The molecule has 0 spiro atoms. The van der Waals surface area contributed by atoms with E-state index in [0.29, 0.717) is 0 Å². The Morgan fingerprint density at radius 2 is 1.64 bits per heavy atom. The Balaban J connectivity index is 1.79. The van der Waals surface area contributed by atoms with Crippen molar-refractivity contribution >= 4 is 11.6 Å². The van der Waals surface area contributed by atoms with Crippen LogP contribution in [0.2, 0.25) is 0 Å². The molecule has 3 nitrogen and oxygen atoms in total. The van der Waals surface area contributed by atoms with Crippen molar-refractivity contribution < 1.29 is 4.79 Å². The predicted molar refractivity (Wildman–Crippen MR) is 90.8 cm³/mol. The van der Waals surface area contributed by atoms with Gasteiger partial charge >= 0.3 is 0 Å². The number of para-hydroxylation sites is 1. The number of likely N-dealkylation sites (tertiary alicyclic amines) is 1. The SMILES string of the molecule is C[C@@H](C(=O)Nc1ccccc1-c1ccccc1)N1CCCC1. The second kappa shape index (κ2) is 6.75. The minimum atomic E-state index is -0.0775. The van der Waals surface area contributed by atoms with Crippen molar-refractivity contribution in [3.8, 4) is 11.1 Å². The summed E-state index contributed by atoms with van der Waals surface area (Å²) in [5, 5.41) is 3.11. The number of anilines is 1. The standard InChI is InChI=1S/C19H22N2O/c1-15(21-13-7-8-14-21)19(22)20-18-12-6-5-11-17(18)16-9-3-2-4-10-16/h2-6,9-12,15H,7-8,13-14H2,1H3,(H,20,22)/t15-/m0/s1. The van der Waals surface area contributed by atoms with E-state index < -0.39 is 0 Å². The zero-order valence-corrected chi connectivity index (χ0v) is 13.0. The molecule has 0 bridgehead atoms. The van der Waals surface area contributed by atoms with Crippen LogP contribution in [-0.2, 0) is 4.79 Å². The minimum absolute atomic E-state index is 0.0743. The van der Waals surface area contributed by atoms with Crippen LogP contribution in [0.1, 0.15) is 19.8 Å². The summed E-state index contributed by atoms with van der Waals surface area (Å²) in [6, 6.07) is 18.1. The van der Waals surface area contributed by atoms with E-state index >= 15 is 0 Å². The number of carbonyl (C=O) groups is 1. The van der Waals surface area contributed by atoms with E-state index in [9.17, 15) is 4.79 Å². The number of benzene rings is 2. The van der Waals surface area contributed by atoms with Gasteiger partial charge in [0.1, 0.15) is 0 Å². The Labute approximate surface area is 132 Å². The van der Waals surface area contributed by atoms with Gasteiger partial charge in [-0.05, 0) is 44.5 Å². The molecule has 22 heavy (non-hydrogen) atoms. The van der Waals surface area contributed by atoms with Crippen LogP contribution in [0, 0.1) is 0 Å². The summed E-state index contributed by atoms with van der Waals surface area (Å²) in [5.74, 6) is 0.0743. The molecule has 2 aromatic rings. The first kappa shape index (κ1) is 14.8. The zero-order valence-electron chi connectivity index (χ0n) is 13.0. The van der Waals surface area contributed by atoms with Crippen molar-refractivity contribution in [3.63, 3.8) is 0 Å². The van der Waals surface area contributed by atoms with E-state index in [4.69, 9.17) is 0 Å². The molecule has 2 aromatic carbocycles. The lowest BCUT2D eigenvalue weighted by atomic mass is 10.0. The lowest BCUT2D eigenvalue weighted by Crippen LogP contribution is -2.40. The molecule has 1 amide bonds. The molecule has 1 aliphatic heterocycles. The van der Waals surface area contributed by atoms with E-state index in [2.05, 4.69) is 22.3 Å². The third-order valence-electron chi connectivity index (χ3n) is 4.34. The molecule has 1 fully saturated rings. The van der Waals surface area contributed by atoms with Crippen LogP contribution in [0.5, 0.6) is 0 Å². The summed E-state index contributed by atoms with van der Waals surface area (Å²) in [5.41, 5.74) is 3.06. The van der Waals surface area contributed by atoms with Gasteiger partial charge in [0, 0.05) is 11.3 Å². The fraction of sp³-hybridized carbons (Fsp3) is 0.316. The minimum Gasteiger partial charge on any atom is -0.324 e. The highest BCUT2D eigenvalue weighted by Gasteiger charge is 2.24. The van der Waals surface area contributed by atoms with E-state index in [1.54, 1.807) is 0 Å². The Bertz CT molecular complexity index is 633. The van der Waals surface area contributed by atoms with E-state index in [0.717, 1.165) is 29.9 Å². The maximum Gasteiger partial charge on any atom is 0.241 e. The average Bonchev–Trinajstić information content (AvgIpc) is 3.10. The van der Waals surface area contributed by atoms with Crippen LogP contribution in [0.25, 0.3) is 11.1 Å². The van der Waals surface area contributed by atoms with Crippen molar-refractivity contribution in [2.45, 2.75) is 25.8 Å². The molecular formula is C19H22N2O. The van der Waals surface area contributed by atoms with Gasteiger partial charge in [-0.25, -0.2) is 0 Å². The normalized spacial score (nSPS) is 16.4. The van der Waals surface area contributed by atoms with Crippen LogP contribution >= 0.6 is 0 Å². The fourth-order valence-corrected chi connectivity index (χ4v) is 2.99. The third-order valence-corrected chi connectivity index (χ3v) is 4.34. The van der Waals surface area contributed by atoms with Crippen LogP contribution in [0.3, 0.4) is 0 Å². The van der Waals surface area contributed by atoms with E-state index in [1.807, 2.05) is 49.4 Å². The average molecular weight is 294 g/mol. The van der Waals surface area contributed by atoms with E-state index in [1.165, 1.54) is 12.8 Å². The van der Waals surface area contributed by atoms with Crippen molar-refractivity contribution in [1.82, 2.24) is 4.90 Å². The number of carbonyl (C=O) groups excluding carboxylic acids is 1. The van der Waals surface area contributed by atoms with Crippen molar-refractivity contribution in [2.24, 2.45) is 0 Å². The summed E-state index contributed by atoms with van der Waals surface area (Å²) in [4.78, 5) is 14.8. The molecule has 3 heteroatoms. The lowest BCUT2D eigenvalue weighted by molar-refractivity contribution is -0.120. The summed E-state index contributed by atoms with van der Waals surface area (Å²) >= 11 is 0. The van der Waals surface area contributed by atoms with Gasteiger partial charge in [-0.3, -0.25) is 9.69 Å². The van der Waals surface area contributed by atoms with Crippen molar-refractivity contribution in [1.29, 1.82) is 0 Å². The van der Waals surface area contributed by atoms with Gasteiger partial charge in [-0.1, -0.05) is 48.5 Å². The van der Waals surface area contributed by atoms with Crippen LogP contribution in [0.4, 0.5) is 5.69 Å². The van der Waals surface area contributed by atoms with Gasteiger partial charge in [-0.15, -0.1) is 0 Å². The van der Waals surface area contributed by atoms with E-state index in [-0.39, 0.29) is 11.9 Å². The quantitative estimate of drug-likeness (QED) is 0.931. The number of hydrogen-bond donors (Lipinski definition) is 1. The van der Waals surface area contributed by atoms with Crippen LogP contribution < -0.4 is 5.32 Å². The molecule has 1 N–H and O–H groups in total. The van der Waals surface area contributed by atoms with Crippen molar-refractivity contribution in [2.75, 3.05) is 18.4 Å². The Morgan fingerprint density at radius 1 is 1.00 bits per heavy atom. The summed E-state index contributed by atoms with van der Waals surface area (Å²) in [6.07, 6.45) is 2.39. The van der Waals surface area contributed by atoms with Gasteiger partial charge in [0.05, 0.1) is 6.04 Å². The number of hydrogen-bond acceptors (Lipinski definition) is 2.